The number of carbonyl (C=O) groups excluding carboxylic acids is 2. The first-order valence-electron chi connectivity index (χ1n) is 6.24. The van der Waals surface area contributed by atoms with E-state index in [1.54, 1.807) is 0 Å². The van der Waals surface area contributed by atoms with Crippen LogP contribution in [-0.2, 0) is 15.7 Å². The van der Waals surface area contributed by atoms with Crippen LogP contribution >= 0.6 is 0 Å². The van der Waals surface area contributed by atoms with Crippen LogP contribution in [0.3, 0.4) is 0 Å². The lowest BCUT2D eigenvalue weighted by atomic mass is 10.3. The van der Waals surface area contributed by atoms with Gasteiger partial charge in [-0.1, -0.05) is 6.07 Å². The van der Waals surface area contributed by atoms with Crippen LogP contribution in [0.2, 0.25) is 0 Å². The van der Waals surface area contributed by atoms with Crippen LogP contribution in [0.25, 0.3) is 5.52 Å². The lowest BCUT2D eigenvalue weighted by Gasteiger charge is -2.03. The van der Waals surface area contributed by atoms with E-state index in [2.05, 4.69) is 15.0 Å². The third-order valence-electron chi connectivity index (χ3n) is 2.86. The zero-order chi connectivity index (χ0) is 16.3. The second-order valence-corrected chi connectivity index (χ2v) is 4.32. The molecule has 0 aromatic carbocycles. The number of nitrogens with one attached hydrogen (secondary N) is 1. The van der Waals surface area contributed by atoms with E-state index in [-0.39, 0.29) is 24.2 Å². The molecule has 0 unspecified atom stereocenters. The second kappa shape index (κ2) is 6.04. The van der Waals surface area contributed by atoms with Crippen LogP contribution in [0.4, 0.5) is 13.2 Å². The van der Waals surface area contributed by atoms with E-state index in [1.165, 1.54) is 31.5 Å². The average Bonchev–Trinajstić information content (AvgIpc) is 2.86. The van der Waals surface area contributed by atoms with Crippen molar-refractivity contribution in [3.8, 4) is 0 Å². The number of aromatic nitrogens is 2. The fourth-order valence-corrected chi connectivity index (χ4v) is 1.87. The number of hydrogen-bond donors (Lipinski definition) is 1. The zero-order valence-electron chi connectivity index (χ0n) is 11.5. The van der Waals surface area contributed by atoms with E-state index in [0.29, 0.717) is 0 Å². The fraction of sp³-hybridized carbons (Fsp3) is 0.308. The number of methoxy groups -OCH3 is 1. The van der Waals surface area contributed by atoms with Crippen molar-refractivity contribution in [1.82, 2.24) is 14.7 Å². The Morgan fingerprint density at radius 3 is 2.73 bits per heavy atom. The summed E-state index contributed by atoms with van der Waals surface area (Å²) in [6.45, 7) is -0.0568. The number of ether oxygens (including phenoxy) is 1. The van der Waals surface area contributed by atoms with Crippen molar-refractivity contribution in [2.75, 3.05) is 13.7 Å². The van der Waals surface area contributed by atoms with E-state index in [4.69, 9.17) is 0 Å². The maximum Gasteiger partial charge on any atom is 0.450 e. The highest BCUT2D eigenvalue weighted by Gasteiger charge is 2.37. The predicted molar refractivity (Wildman–Crippen MR) is 69.2 cm³/mol. The van der Waals surface area contributed by atoms with Gasteiger partial charge in [-0.05, 0) is 12.1 Å². The van der Waals surface area contributed by atoms with Crippen molar-refractivity contribution < 1.29 is 27.5 Å². The molecule has 6 nitrogen and oxygen atoms in total. The van der Waals surface area contributed by atoms with Crippen molar-refractivity contribution in [1.29, 1.82) is 0 Å². The smallest absolute Gasteiger partial charge is 0.450 e. The molecular weight excluding hydrogens is 303 g/mol. The topological polar surface area (TPSA) is 72.7 Å². The Bertz CT molecular complexity index is 709. The highest BCUT2D eigenvalue weighted by Crippen LogP contribution is 2.30. The van der Waals surface area contributed by atoms with Crippen LogP contribution < -0.4 is 5.32 Å². The van der Waals surface area contributed by atoms with Gasteiger partial charge in [-0.25, -0.2) is 4.98 Å². The number of pyridine rings is 1. The molecule has 2 aromatic rings. The molecule has 0 atom stereocenters. The molecule has 0 aliphatic rings. The van der Waals surface area contributed by atoms with Gasteiger partial charge in [0.05, 0.1) is 19.0 Å². The van der Waals surface area contributed by atoms with Gasteiger partial charge in [0.15, 0.2) is 5.69 Å². The van der Waals surface area contributed by atoms with Gasteiger partial charge in [0.25, 0.3) is 5.91 Å². The maximum absolute atomic E-state index is 12.9. The van der Waals surface area contributed by atoms with Gasteiger partial charge in [-0.15, -0.1) is 0 Å². The molecule has 0 saturated carbocycles. The fourth-order valence-electron chi connectivity index (χ4n) is 1.87. The standard InChI is InChI=1S/C13H12F3N3O3/c1-22-9(20)5-6-17-11(21)10-8-4-2-3-7-19(8)12(18-10)13(14,15)16/h2-4,7H,5-6H2,1H3,(H,17,21). The summed E-state index contributed by atoms with van der Waals surface area (Å²) in [5.74, 6) is -2.50. The molecule has 0 radical (unpaired) electrons. The number of amides is 1. The molecule has 0 saturated heterocycles. The highest BCUT2D eigenvalue weighted by molar-refractivity contribution is 5.99. The molecule has 1 N–H and O–H groups in total. The average molecular weight is 315 g/mol. The van der Waals surface area contributed by atoms with Crippen LogP contribution in [0.5, 0.6) is 0 Å². The summed E-state index contributed by atoms with van der Waals surface area (Å²) in [7, 11) is 1.20. The summed E-state index contributed by atoms with van der Waals surface area (Å²) >= 11 is 0. The number of carbonyl (C=O) groups is 2. The Hall–Kier alpha value is -2.58. The number of esters is 1. The largest absolute Gasteiger partial charge is 0.469 e. The molecule has 0 aliphatic heterocycles. The number of alkyl halides is 3. The van der Waals surface area contributed by atoms with Crippen molar-refractivity contribution in [2.45, 2.75) is 12.6 Å². The molecule has 0 fully saturated rings. The van der Waals surface area contributed by atoms with Crippen LogP contribution in [0, 0.1) is 0 Å². The molecule has 2 aromatic heterocycles. The van der Waals surface area contributed by atoms with Gasteiger partial charge < -0.3 is 10.1 Å². The SMILES string of the molecule is COC(=O)CCNC(=O)c1nc(C(F)(F)F)n2ccccc12. The lowest BCUT2D eigenvalue weighted by Crippen LogP contribution is -2.27. The normalized spacial score (nSPS) is 11.5. The molecule has 2 rings (SSSR count). The minimum Gasteiger partial charge on any atom is -0.469 e. The summed E-state index contributed by atoms with van der Waals surface area (Å²) in [5.41, 5.74) is -0.316. The van der Waals surface area contributed by atoms with Crippen LogP contribution in [0.1, 0.15) is 22.7 Å². The minimum atomic E-state index is -4.69. The molecule has 0 spiro atoms. The van der Waals surface area contributed by atoms with E-state index >= 15 is 0 Å². The van der Waals surface area contributed by atoms with E-state index < -0.39 is 23.9 Å². The molecule has 2 heterocycles. The third kappa shape index (κ3) is 3.18. The molecule has 22 heavy (non-hydrogen) atoms. The first kappa shape index (κ1) is 15.8. The third-order valence-corrected chi connectivity index (χ3v) is 2.86. The van der Waals surface area contributed by atoms with Gasteiger partial charge in [0, 0.05) is 12.7 Å². The highest BCUT2D eigenvalue weighted by atomic mass is 19.4. The number of nitrogens with zero attached hydrogens (tertiary/aromatic N) is 2. The number of fused-ring (bicyclic) bond motifs is 1. The molecular formula is C13H12F3N3O3. The summed E-state index contributed by atoms with van der Waals surface area (Å²) in [4.78, 5) is 26.3. The van der Waals surface area contributed by atoms with Crippen molar-refractivity contribution in [3.05, 3.63) is 35.9 Å². The second-order valence-electron chi connectivity index (χ2n) is 4.32. The Morgan fingerprint density at radius 1 is 1.36 bits per heavy atom. The summed E-state index contributed by atoms with van der Waals surface area (Å²) in [6, 6.07) is 4.27. The quantitative estimate of drug-likeness (QED) is 0.871. The van der Waals surface area contributed by atoms with E-state index in [9.17, 15) is 22.8 Å². The van der Waals surface area contributed by atoms with Gasteiger partial charge in [0.2, 0.25) is 5.82 Å². The van der Waals surface area contributed by atoms with Gasteiger partial charge in [-0.2, -0.15) is 13.2 Å². The summed E-state index contributed by atoms with van der Waals surface area (Å²) in [6.07, 6.45) is -3.59. The summed E-state index contributed by atoms with van der Waals surface area (Å²) < 4.78 is 44.0. The Morgan fingerprint density at radius 2 is 2.09 bits per heavy atom. The van der Waals surface area contributed by atoms with Crippen molar-refractivity contribution >= 4 is 17.4 Å². The summed E-state index contributed by atoms with van der Waals surface area (Å²) in [5, 5.41) is 2.34. The van der Waals surface area contributed by atoms with Crippen LogP contribution in [-0.4, -0.2) is 34.9 Å². The number of halogens is 3. The molecule has 0 bridgehead atoms. The van der Waals surface area contributed by atoms with Gasteiger partial charge in [0.1, 0.15) is 0 Å². The first-order valence-corrected chi connectivity index (χ1v) is 6.24. The molecule has 9 heteroatoms. The van der Waals surface area contributed by atoms with E-state index in [0.717, 1.165) is 4.40 Å². The minimum absolute atomic E-state index is 0.0328. The molecule has 118 valence electrons. The number of hydrogen-bond acceptors (Lipinski definition) is 4. The number of rotatable bonds is 4. The first-order chi connectivity index (χ1) is 10.3. The van der Waals surface area contributed by atoms with Crippen LogP contribution in [0.15, 0.2) is 24.4 Å². The van der Waals surface area contributed by atoms with Gasteiger partial charge in [-0.3, -0.25) is 14.0 Å². The lowest BCUT2D eigenvalue weighted by molar-refractivity contribution is -0.145. The Kier molecular flexibility index (Phi) is 4.34. The zero-order valence-corrected chi connectivity index (χ0v) is 11.5. The number of imidazole rings is 1. The Labute approximate surface area is 122 Å². The maximum atomic E-state index is 12.9. The van der Waals surface area contributed by atoms with Crippen molar-refractivity contribution in [2.24, 2.45) is 0 Å². The van der Waals surface area contributed by atoms with E-state index in [1.807, 2.05) is 0 Å². The Balaban J connectivity index is 2.28. The van der Waals surface area contributed by atoms with Crippen molar-refractivity contribution in [3.63, 3.8) is 0 Å². The van der Waals surface area contributed by atoms with Gasteiger partial charge >= 0.3 is 12.1 Å². The molecule has 1 amide bonds. The predicted octanol–water partition coefficient (Wildman–Crippen LogP) is 1.65. The molecule has 0 aliphatic carbocycles. The monoisotopic (exact) mass is 315 g/mol.